The molecule has 0 radical (unpaired) electrons. The van der Waals surface area contributed by atoms with E-state index in [1.165, 1.54) is 18.2 Å². The summed E-state index contributed by atoms with van der Waals surface area (Å²) in [5.41, 5.74) is 0.380. The number of alkyl halides is 3. The van der Waals surface area contributed by atoms with Gasteiger partial charge in [0.15, 0.2) is 0 Å². The molecule has 7 nitrogen and oxygen atoms in total. The lowest BCUT2D eigenvalue weighted by Crippen LogP contribution is -2.40. The molecule has 178 valence electrons. The molecule has 0 saturated carbocycles. The maximum atomic E-state index is 13.2. The van der Waals surface area contributed by atoms with Gasteiger partial charge in [0.05, 0.1) is 30.2 Å². The number of fused-ring (bicyclic) bond motifs is 1. The number of hydrogen-bond donors (Lipinski definition) is 1. The molecule has 2 aliphatic rings. The van der Waals surface area contributed by atoms with Gasteiger partial charge in [-0.3, -0.25) is 14.3 Å². The molecule has 33 heavy (non-hydrogen) atoms. The molecule has 2 aromatic rings. The second-order valence-corrected chi connectivity index (χ2v) is 8.93. The summed E-state index contributed by atoms with van der Waals surface area (Å²) in [6.07, 6.45) is -2.13. The van der Waals surface area contributed by atoms with E-state index >= 15 is 0 Å². The number of hydrogen-bond acceptors (Lipinski definition) is 6. The van der Waals surface area contributed by atoms with Crippen LogP contribution in [-0.2, 0) is 35.1 Å². The van der Waals surface area contributed by atoms with E-state index in [0.717, 1.165) is 68.0 Å². The molecule has 1 aromatic heterocycles. The number of nitrogens with one attached hydrogen (secondary N) is 1. The topological polar surface area (TPSA) is 76.5 Å². The Labute approximate surface area is 193 Å². The predicted octanol–water partition coefficient (Wildman–Crippen LogP) is 2.81. The number of halogens is 3. The van der Waals surface area contributed by atoms with Crippen molar-refractivity contribution in [3.63, 3.8) is 0 Å². The van der Waals surface area contributed by atoms with E-state index in [1.807, 2.05) is 0 Å². The SMILES string of the molecule is O=C(CSc1nc(=O)n(CCN2CCOCC2)c2c1CCC2)Nc1ccccc1C(F)(F)F. The molecule has 0 spiro atoms. The van der Waals surface area contributed by atoms with Gasteiger partial charge in [-0.2, -0.15) is 18.2 Å². The van der Waals surface area contributed by atoms with Gasteiger partial charge in [0.2, 0.25) is 5.91 Å². The molecule has 0 bridgehead atoms. The van der Waals surface area contributed by atoms with Crippen LogP contribution in [0.25, 0.3) is 0 Å². The summed E-state index contributed by atoms with van der Waals surface area (Å²) in [4.78, 5) is 31.6. The van der Waals surface area contributed by atoms with Crippen molar-refractivity contribution in [3.8, 4) is 0 Å². The van der Waals surface area contributed by atoms with Crippen LogP contribution >= 0.6 is 11.8 Å². The van der Waals surface area contributed by atoms with Crippen molar-refractivity contribution in [3.05, 3.63) is 51.6 Å². The Kier molecular flexibility index (Phi) is 7.40. The van der Waals surface area contributed by atoms with Crippen molar-refractivity contribution in [1.82, 2.24) is 14.5 Å². The van der Waals surface area contributed by atoms with Gasteiger partial charge in [0.1, 0.15) is 5.03 Å². The molecule has 1 N–H and O–H groups in total. The lowest BCUT2D eigenvalue weighted by atomic mass is 10.1. The fourth-order valence-corrected chi connectivity index (χ4v) is 5.04. The molecule has 0 unspecified atom stereocenters. The lowest BCUT2D eigenvalue weighted by molar-refractivity contribution is -0.137. The van der Waals surface area contributed by atoms with Crippen LogP contribution in [0.4, 0.5) is 18.9 Å². The number of ether oxygens (including phenoxy) is 1. The highest BCUT2D eigenvalue weighted by Crippen LogP contribution is 2.35. The Morgan fingerprint density at radius 2 is 1.91 bits per heavy atom. The van der Waals surface area contributed by atoms with E-state index in [-0.39, 0.29) is 17.1 Å². The molecular formula is C22H25F3N4O3S. The third kappa shape index (κ3) is 5.77. The zero-order valence-electron chi connectivity index (χ0n) is 18.0. The summed E-state index contributed by atoms with van der Waals surface area (Å²) in [5, 5.41) is 2.83. The number of anilines is 1. The van der Waals surface area contributed by atoms with Crippen molar-refractivity contribution >= 4 is 23.4 Å². The van der Waals surface area contributed by atoms with Gasteiger partial charge in [-0.1, -0.05) is 23.9 Å². The van der Waals surface area contributed by atoms with Gasteiger partial charge in [0.25, 0.3) is 0 Å². The van der Waals surface area contributed by atoms with E-state index in [0.29, 0.717) is 24.8 Å². The maximum absolute atomic E-state index is 13.2. The molecule has 1 aromatic carbocycles. The van der Waals surface area contributed by atoms with Crippen LogP contribution in [0.3, 0.4) is 0 Å². The Morgan fingerprint density at radius 3 is 2.67 bits per heavy atom. The number of morpholine rings is 1. The van der Waals surface area contributed by atoms with E-state index in [4.69, 9.17) is 4.74 Å². The van der Waals surface area contributed by atoms with Crippen LogP contribution in [0.2, 0.25) is 0 Å². The number of rotatable bonds is 7. The quantitative estimate of drug-likeness (QED) is 0.483. The molecule has 1 aliphatic carbocycles. The fourth-order valence-electron chi connectivity index (χ4n) is 4.16. The average Bonchev–Trinajstić information content (AvgIpc) is 3.27. The minimum Gasteiger partial charge on any atom is -0.379 e. The van der Waals surface area contributed by atoms with Crippen molar-refractivity contribution in [1.29, 1.82) is 0 Å². The standard InChI is InChI=1S/C22H25F3N4O3S/c23-22(24,25)16-5-1-2-6-17(16)26-19(30)14-33-20-15-4-3-7-18(15)29(21(31)27-20)9-8-28-10-12-32-13-11-28/h1-2,5-6H,3-4,7-14H2,(H,26,30). The fraction of sp³-hybridized carbons (Fsp3) is 0.500. The second kappa shape index (κ2) is 10.3. The second-order valence-electron chi connectivity index (χ2n) is 7.96. The van der Waals surface area contributed by atoms with Crippen molar-refractivity contribution < 1.29 is 22.7 Å². The molecule has 2 heterocycles. The van der Waals surface area contributed by atoms with E-state index in [2.05, 4.69) is 15.2 Å². The number of thioether (sulfide) groups is 1. The van der Waals surface area contributed by atoms with Gasteiger partial charge in [-0.15, -0.1) is 0 Å². The van der Waals surface area contributed by atoms with Crippen LogP contribution in [-0.4, -0.2) is 59.0 Å². The zero-order valence-corrected chi connectivity index (χ0v) is 18.8. The zero-order chi connectivity index (χ0) is 23.4. The molecule has 1 saturated heterocycles. The highest BCUT2D eigenvalue weighted by atomic mass is 32.2. The molecular weight excluding hydrogens is 457 g/mol. The summed E-state index contributed by atoms with van der Waals surface area (Å²) >= 11 is 1.09. The third-order valence-electron chi connectivity index (χ3n) is 5.79. The Hall–Kier alpha value is -2.37. The molecule has 11 heteroatoms. The van der Waals surface area contributed by atoms with Crippen LogP contribution in [0, 0.1) is 0 Å². The smallest absolute Gasteiger partial charge is 0.379 e. The summed E-state index contributed by atoms with van der Waals surface area (Å²) in [5.74, 6) is -0.718. The van der Waals surface area contributed by atoms with Crippen LogP contribution < -0.4 is 11.0 Å². The van der Waals surface area contributed by atoms with E-state index in [9.17, 15) is 22.8 Å². The Bertz CT molecular complexity index is 1070. The van der Waals surface area contributed by atoms with Gasteiger partial charge < -0.3 is 10.1 Å². The Balaban J connectivity index is 1.43. The summed E-state index contributed by atoms with van der Waals surface area (Å²) in [6.45, 7) is 4.35. The average molecular weight is 483 g/mol. The first kappa shape index (κ1) is 23.8. The van der Waals surface area contributed by atoms with Crippen LogP contribution in [0.15, 0.2) is 34.1 Å². The van der Waals surface area contributed by atoms with Crippen molar-refractivity contribution in [2.45, 2.75) is 37.0 Å². The monoisotopic (exact) mass is 482 g/mol. The molecule has 4 rings (SSSR count). The lowest BCUT2D eigenvalue weighted by Gasteiger charge is -2.27. The summed E-state index contributed by atoms with van der Waals surface area (Å²) in [6, 6.07) is 4.85. The van der Waals surface area contributed by atoms with Gasteiger partial charge >= 0.3 is 11.9 Å². The summed E-state index contributed by atoms with van der Waals surface area (Å²) < 4.78 is 46.5. The number of carbonyl (C=O) groups is 1. The Morgan fingerprint density at radius 1 is 1.15 bits per heavy atom. The minimum absolute atomic E-state index is 0.136. The number of para-hydroxylation sites is 1. The van der Waals surface area contributed by atoms with Crippen molar-refractivity contribution in [2.24, 2.45) is 0 Å². The number of nitrogens with zero attached hydrogens (tertiary/aromatic N) is 3. The minimum atomic E-state index is -4.56. The third-order valence-corrected chi connectivity index (χ3v) is 6.81. The normalized spacial score (nSPS) is 16.6. The molecule has 1 amide bonds. The van der Waals surface area contributed by atoms with Crippen molar-refractivity contribution in [2.75, 3.05) is 43.9 Å². The first-order valence-electron chi connectivity index (χ1n) is 10.8. The highest BCUT2D eigenvalue weighted by molar-refractivity contribution is 8.00. The maximum Gasteiger partial charge on any atom is 0.418 e. The first-order chi connectivity index (χ1) is 15.8. The van der Waals surface area contributed by atoms with Gasteiger partial charge in [-0.05, 0) is 31.4 Å². The van der Waals surface area contributed by atoms with Crippen LogP contribution in [0.5, 0.6) is 0 Å². The van der Waals surface area contributed by atoms with E-state index in [1.54, 1.807) is 4.57 Å². The molecule has 1 fully saturated rings. The predicted molar refractivity (Wildman–Crippen MR) is 119 cm³/mol. The highest BCUT2D eigenvalue weighted by Gasteiger charge is 2.33. The molecule has 1 aliphatic heterocycles. The largest absolute Gasteiger partial charge is 0.418 e. The number of amides is 1. The first-order valence-corrected chi connectivity index (χ1v) is 11.8. The summed E-state index contributed by atoms with van der Waals surface area (Å²) in [7, 11) is 0. The van der Waals surface area contributed by atoms with E-state index < -0.39 is 17.6 Å². The number of aromatic nitrogens is 2. The van der Waals surface area contributed by atoms with Gasteiger partial charge in [0, 0.05) is 37.4 Å². The number of carbonyl (C=O) groups excluding carboxylic acids is 1. The van der Waals surface area contributed by atoms with Gasteiger partial charge in [-0.25, -0.2) is 4.79 Å². The molecule has 0 atom stereocenters. The number of benzene rings is 1. The van der Waals surface area contributed by atoms with Crippen LogP contribution in [0.1, 0.15) is 23.2 Å².